The Morgan fingerprint density at radius 2 is 2.11 bits per heavy atom. The molecule has 1 aliphatic rings. The number of carbonyl (C=O) groups is 1. The van der Waals surface area contributed by atoms with Crippen molar-refractivity contribution in [2.45, 2.75) is 19.3 Å². The average Bonchev–Trinajstić information content (AvgIpc) is 2.37. The smallest absolute Gasteiger partial charge is 0.167 e. The first kappa shape index (κ1) is 12.4. The molecule has 1 aliphatic carbocycles. The molecule has 0 saturated heterocycles. The summed E-state index contributed by atoms with van der Waals surface area (Å²) in [5.41, 5.74) is 1.56. The van der Waals surface area contributed by atoms with Gasteiger partial charge in [0.1, 0.15) is 11.5 Å². The molecule has 0 fully saturated rings. The largest absolute Gasteiger partial charge is 0.497 e. The molecule has 1 atom stereocenters. The Bertz CT molecular complexity index is 517. The van der Waals surface area contributed by atoms with E-state index in [1.54, 1.807) is 20.3 Å². The minimum atomic E-state index is 0.0519. The van der Waals surface area contributed by atoms with Crippen molar-refractivity contribution in [3.8, 4) is 17.6 Å². The first-order chi connectivity index (χ1) is 8.69. The number of methoxy groups -OCH3 is 2. The maximum atomic E-state index is 12.1. The fraction of sp³-hybridized carbons (Fsp3) is 0.429. The summed E-state index contributed by atoms with van der Waals surface area (Å²) in [5.74, 6) is 1.39. The summed E-state index contributed by atoms with van der Waals surface area (Å²) in [5, 5.41) is 8.74. The van der Waals surface area contributed by atoms with Crippen molar-refractivity contribution in [2.24, 2.45) is 5.92 Å². The van der Waals surface area contributed by atoms with Gasteiger partial charge in [-0.05, 0) is 24.0 Å². The average molecular weight is 245 g/mol. The molecular formula is C14H15NO3. The van der Waals surface area contributed by atoms with Crippen LogP contribution in [0.25, 0.3) is 0 Å². The van der Waals surface area contributed by atoms with Gasteiger partial charge in [-0.25, -0.2) is 0 Å². The van der Waals surface area contributed by atoms with Crippen LogP contribution in [-0.4, -0.2) is 20.0 Å². The zero-order valence-electron chi connectivity index (χ0n) is 10.5. The molecule has 0 aromatic heterocycles. The third-order valence-electron chi connectivity index (χ3n) is 3.25. The fourth-order valence-corrected chi connectivity index (χ4v) is 2.42. The second kappa shape index (κ2) is 5.09. The zero-order valence-corrected chi connectivity index (χ0v) is 10.5. The number of hydrogen-bond acceptors (Lipinski definition) is 4. The lowest BCUT2D eigenvalue weighted by Crippen LogP contribution is -2.20. The number of Topliss-reactive ketones (excluding diaryl/α,β-unsaturated/α-hetero) is 1. The van der Waals surface area contributed by atoms with E-state index in [0.29, 0.717) is 29.9 Å². The number of carbonyl (C=O) groups excluding carboxylic acids is 1. The van der Waals surface area contributed by atoms with Crippen LogP contribution >= 0.6 is 0 Å². The van der Waals surface area contributed by atoms with Gasteiger partial charge >= 0.3 is 0 Å². The summed E-state index contributed by atoms with van der Waals surface area (Å²) in [7, 11) is 3.13. The Labute approximate surface area is 106 Å². The molecule has 0 spiro atoms. The summed E-state index contributed by atoms with van der Waals surface area (Å²) in [6.45, 7) is 0. The van der Waals surface area contributed by atoms with Crippen LogP contribution in [0.4, 0.5) is 0 Å². The number of ether oxygens (including phenoxy) is 2. The highest BCUT2D eigenvalue weighted by Crippen LogP contribution is 2.36. The van der Waals surface area contributed by atoms with E-state index in [4.69, 9.17) is 14.7 Å². The number of benzene rings is 1. The Balaban J connectivity index is 2.45. The highest BCUT2D eigenvalue weighted by atomic mass is 16.5. The quantitative estimate of drug-likeness (QED) is 0.820. The van der Waals surface area contributed by atoms with Crippen molar-refractivity contribution in [1.29, 1.82) is 5.26 Å². The predicted molar refractivity (Wildman–Crippen MR) is 65.9 cm³/mol. The first-order valence-corrected chi connectivity index (χ1v) is 5.84. The lowest BCUT2D eigenvalue weighted by Gasteiger charge is -2.24. The molecular weight excluding hydrogens is 230 g/mol. The summed E-state index contributed by atoms with van der Waals surface area (Å²) in [4.78, 5) is 12.1. The number of rotatable bonds is 3. The molecule has 1 aromatic rings. The lowest BCUT2D eigenvalue weighted by atomic mass is 9.81. The fourth-order valence-electron chi connectivity index (χ4n) is 2.42. The van der Waals surface area contributed by atoms with Crippen LogP contribution in [0.1, 0.15) is 28.8 Å². The van der Waals surface area contributed by atoms with E-state index in [0.717, 1.165) is 12.0 Å². The Kier molecular flexibility index (Phi) is 3.52. The monoisotopic (exact) mass is 245 g/mol. The molecule has 4 heteroatoms. The molecule has 0 heterocycles. The van der Waals surface area contributed by atoms with Crippen LogP contribution in [0, 0.1) is 17.2 Å². The number of nitriles is 1. The minimum absolute atomic E-state index is 0.0519. The molecule has 18 heavy (non-hydrogen) atoms. The van der Waals surface area contributed by atoms with Crippen LogP contribution < -0.4 is 9.47 Å². The highest BCUT2D eigenvalue weighted by molar-refractivity contribution is 6.01. The normalized spacial score (nSPS) is 17.8. The second-order valence-corrected chi connectivity index (χ2v) is 4.42. The summed E-state index contributed by atoms with van der Waals surface area (Å²) < 4.78 is 10.5. The van der Waals surface area contributed by atoms with Gasteiger partial charge < -0.3 is 9.47 Å². The van der Waals surface area contributed by atoms with Crippen molar-refractivity contribution in [3.63, 3.8) is 0 Å². The van der Waals surface area contributed by atoms with E-state index >= 15 is 0 Å². The van der Waals surface area contributed by atoms with Gasteiger partial charge in [0.2, 0.25) is 0 Å². The van der Waals surface area contributed by atoms with E-state index in [-0.39, 0.29) is 11.7 Å². The van der Waals surface area contributed by atoms with Gasteiger partial charge in [-0.15, -0.1) is 0 Å². The topological polar surface area (TPSA) is 59.3 Å². The zero-order chi connectivity index (χ0) is 13.1. The SMILES string of the molecule is COc1cc2c(c(OC)c1)C(=O)CC(CC#N)C2. The van der Waals surface area contributed by atoms with Crippen molar-refractivity contribution >= 4 is 5.78 Å². The predicted octanol–water partition coefficient (Wildman–Crippen LogP) is 2.36. The van der Waals surface area contributed by atoms with Crippen molar-refractivity contribution < 1.29 is 14.3 Å². The number of hydrogen-bond donors (Lipinski definition) is 0. The van der Waals surface area contributed by atoms with Gasteiger partial charge in [-0.3, -0.25) is 4.79 Å². The molecule has 0 saturated carbocycles. The molecule has 0 N–H and O–H groups in total. The Morgan fingerprint density at radius 3 is 2.72 bits per heavy atom. The van der Waals surface area contributed by atoms with E-state index in [9.17, 15) is 4.79 Å². The standard InChI is InChI=1S/C14H15NO3/c1-17-11-7-10-5-9(3-4-15)6-12(16)14(10)13(8-11)18-2/h7-9H,3,5-6H2,1-2H3. The molecule has 0 amide bonds. The van der Waals surface area contributed by atoms with Crippen LogP contribution in [-0.2, 0) is 6.42 Å². The molecule has 4 nitrogen and oxygen atoms in total. The molecule has 0 aliphatic heterocycles. The third kappa shape index (κ3) is 2.17. The highest BCUT2D eigenvalue weighted by Gasteiger charge is 2.28. The number of fused-ring (bicyclic) bond motifs is 1. The molecule has 1 unspecified atom stereocenters. The maximum Gasteiger partial charge on any atom is 0.167 e. The summed E-state index contributed by atoms with van der Waals surface area (Å²) >= 11 is 0. The first-order valence-electron chi connectivity index (χ1n) is 5.84. The van der Waals surface area contributed by atoms with E-state index < -0.39 is 0 Å². The lowest BCUT2D eigenvalue weighted by molar-refractivity contribution is 0.0946. The van der Waals surface area contributed by atoms with Crippen LogP contribution in [0.15, 0.2) is 12.1 Å². The van der Waals surface area contributed by atoms with Gasteiger partial charge in [0.15, 0.2) is 5.78 Å². The Morgan fingerprint density at radius 1 is 1.33 bits per heavy atom. The maximum absolute atomic E-state index is 12.1. The van der Waals surface area contributed by atoms with Crippen molar-refractivity contribution in [1.82, 2.24) is 0 Å². The van der Waals surface area contributed by atoms with Gasteiger partial charge in [-0.1, -0.05) is 0 Å². The van der Waals surface area contributed by atoms with Crippen LogP contribution in [0.2, 0.25) is 0 Å². The summed E-state index contributed by atoms with van der Waals surface area (Å²) in [6.07, 6.45) is 1.55. The molecule has 94 valence electrons. The Hall–Kier alpha value is -2.02. The molecule has 1 aromatic carbocycles. The molecule has 2 rings (SSSR count). The summed E-state index contributed by atoms with van der Waals surface area (Å²) in [6, 6.07) is 5.72. The second-order valence-electron chi connectivity index (χ2n) is 4.42. The molecule has 0 bridgehead atoms. The van der Waals surface area contributed by atoms with Gasteiger partial charge in [-0.2, -0.15) is 5.26 Å². The van der Waals surface area contributed by atoms with E-state index in [1.807, 2.05) is 6.07 Å². The van der Waals surface area contributed by atoms with Gasteiger partial charge in [0, 0.05) is 18.9 Å². The number of nitrogens with zero attached hydrogens (tertiary/aromatic N) is 1. The van der Waals surface area contributed by atoms with Gasteiger partial charge in [0.05, 0.1) is 25.9 Å². The van der Waals surface area contributed by atoms with Crippen molar-refractivity contribution in [3.05, 3.63) is 23.3 Å². The number of ketones is 1. The van der Waals surface area contributed by atoms with Gasteiger partial charge in [0.25, 0.3) is 0 Å². The van der Waals surface area contributed by atoms with E-state index in [1.165, 1.54) is 0 Å². The van der Waals surface area contributed by atoms with Crippen LogP contribution in [0.3, 0.4) is 0 Å². The van der Waals surface area contributed by atoms with E-state index in [2.05, 4.69) is 6.07 Å². The van der Waals surface area contributed by atoms with Crippen molar-refractivity contribution in [2.75, 3.05) is 14.2 Å². The van der Waals surface area contributed by atoms with Crippen LogP contribution in [0.5, 0.6) is 11.5 Å². The minimum Gasteiger partial charge on any atom is -0.497 e. The molecule has 0 radical (unpaired) electrons. The third-order valence-corrected chi connectivity index (χ3v) is 3.25.